The zero-order valence-electron chi connectivity index (χ0n) is 9.62. The number of nitrogens with one attached hydrogen (secondary N) is 1. The second-order valence-electron chi connectivity index (χ2n) is 4.23. The van der Waals surface area contributed by atoms with E-state index < -0.39 is 0 Å². The van der Waals surface area contributed by atoms with E-state index in [0.717, 1.165) is 29.9 Å². The quantitative estimate of drug-likeness (QED) is 0.891. The van der Waals surface area contributed by atoms with E-state index in [0.29, 0.717) is 6.54 Å². The molecule has 1 atom stereocenters. The molecule has 1 aromatic carbocycles. The molecule has 0 aromatic heterocycles. The number of carbonyl (C=O) groups excluding carboxylic acids is 1. The van der Waals surface area contributed by atoms with Gasteiger partial charge < -0.3 is 5.32 Å². The van der Waals surface area contributed by atoms with Crippen LogP contribution >= 0.6 is 11.8 Å². The molecule has 1 heterocycles. The molecule has 1 amide bonds. The van der Waals surface area contributed by atoms with Crippen molar-refractivity contribution in [3.8, 4) is 0 Å². The van der Waals surface area contributed by atoms with Crippen LogP contribution in [0.25, 0.3) is 0 Å². The highest BCUT2D eigenvalue weighted by Crippen LogP contribution is 2.23. The molecule has 1 aromatic rings. The summed E-state index contributed by atoms with van der Waals surface area (Å²) in [5.41, 5.74) is 1.05. The first-order valence-electron chi connectivity index (χ1n) is 5.85. The van der Waals surface area contributed by atoms with Crippen LogP contribution in [0.3, 0.4) is 0 Å². The molecule has 2 rings (SSSR count). The minimum atomic E-state index is -0.222. The maximum atomic E-state index is 12.7. The van der Waals surface area contributed by atoms with Crippen LogP contribution in [-0.4, -0.2) is 24.0 Å². The number of halogens is 1. The highest BCUT2D eigenvalue weighted by Gasteiger charge is 2.22. The van der Waals surface area contributed by atoms with E-state index in [2.05, 4.69) is 5.32 Å². The van der Waals surface area contributed by atoms with E-state index >= 15 is 0 Å². The lowest BCUT2D eigenvalue weighted by molar-refractivity contribution is -0.124. The third kappa shape index (κ3) is 3.73. The Balaban J connectivity index is 1.72. The van der Waals surface area contributed by atoms with E-state index in [-0.39, 0.29) is 17.6 Å². The molecule has 4 heteroatoms. The lowest BCUT2D eigenvalue weighted by Gasteiger charge is -2.09. The van der Waals surface area contributed by atoms with Crippen LogP contribution in [0.4, 0.5) is 4.39 Å². The molecular formula is C13H16FNOS. The first kappa shape index (κ1) is 12.4. The van der Waals surface area contributed by atoms with Crippen molar-refractivity contribution >= 4 is 17.7 Å². The number of thioether (sulfide) groups is 1. The number of carbonyl (C=O) groups is 1. The van der Waals surface area contributed by atoms with E-state index in [1.54, 1.807) is 12.1 Å². The molecule has 1 N–H and O–H groups in total. The predicted octanol–water partition coefficient (Wildman–Crippen LogP) is 2.24. The number of amides is 1. The van der Waals surface area contributed by atoms with Crippen LogP contribution in [0.15, 0.2) is 24.3 Å². The van der Waals surface area contributed by atoms with Gasteiger partial charge in [0.25, 0.3) is 0 Å². The summed E-state index contributed by atoms with van der Waals surface area (Å²) >= 11 is 1.84. The third-order valence-electron chi connectivity index (χ3n) is 2.93. The van der Waals surface area contributed by atoms with Gasteiger partial charge in [0.2, 0.25) is 5.91 Å². The number of benzene rings is 1. The van der Waals surface area contributed by atoms with Gasteiger partial charge in [0.15, 0.2) is 0 Å². The molecule has 1 saturated heterocycles. The second kappa shape index (κ2) is 6.05. The molecule has 0 aliphatic carbocycles. The summed E-state index contributed by atoms with van der Waals surface area (Å²) in [6.07, 6.45) is 1.75. The van der Waals surface area contributed by atoms with Gasteiger partial charge in [-0.2, -0.15) is 11.8 Å². The highest BCUT2D eigenvalue weighted by atomic mass is 32.2. The largest absolute Gasteiger partial charge is 0.356 e. The van der Waals surface area contributed by atoms with Crippen LogP contribution in [0.2, 0.25) is 0 Å². The van der Waals surface area contributed by atoms with Crippen molar-refractivity contribution in [3.63, 3.8) is 0 Å². The van der Waals surface area contributed by atoms with Gasteiger partial charge in [-0.25, -0.2) is 4.39 Å². The van der Waals surface area contributed by atoms with Gasteiger partial charge in [-0.15, -0.1) is 0 Å². The third-order valence-corrected chi connectivity index (χ3v) is 4.09. The Bertz CT molecular complexity index is 374. The maximum Gasteiger partial charge on any atom is 0.223 e. The number of rotatable bonds is 4. The first-order chi connectivity index (χ1) is 8.25. The molecule has 2 nitrogen and oxygen atoms in total. The smallest absolute Gasteiger partial charge is 0.223 e. The molecule has 92 valence electrons. The highest BCUT2D eigenvalue weighted by molar-refractivity contribution is 7.99. The van der Waals surface area contributed by atoms with Crippen LogP contribution in [0.5, 0.6) is 0 Å². The van der Waals surface area contributed by atoms with Crippen LogP contribution in [0.1, 0.15) is 12.0 Å². The Hall–Kier alpha value is -1.03. The van der Waals surface area contributed by atoms with Crippen LogP contribution in [-0.2, 0) is 11.2 Å². The van der Waals surface area contributed by atoms with Gasteiger partial charge in [0.05, 0.1) is 0 Å². The van der Waals surface area contributed by atoms with E-state index in [4.69, 9.17) is 0 Å². The lowest BCUT2D eigenvalue weighted by atomic mass is 10.1. The first-order valence-corrected chi connectivity index (χ1v) is 7.01. The molecular weight excluding hydrogens is 237 g/mol. The Kier molecular flexibility index (Phi) is 4.42. The number of hydrogen-bond acceptors (Lipinski definition) is 2. The second-order valence-corrected chi connectivity index (χ2v) is 5.38. The Morgan fingerprint density at radius 2 is 2.18 bits per heavy atom. The van der Waals surface area contributed by atoms with Crippen LogP contribution < -0.4 is 5.32 Å². The summed E-state index contributed by atoms with van der Waals surface area (Å²) in [6, 6.07) is 6.41. The monoisotopic (exact) mass is 253 g/mol. The Morgan fingerprint density at radius 1 is 1.41 bits per heavy atom. The molecule has 1 aliphatic heterocycles. The van der Waals surface area contributed by atoms with Crippen molar-refractivity contribution in [2.75, 3.05) is 18.1 Å². The standard InChI is InChI=1S/C13H16FNOS/c14-12-3-1-10(2-4-12)5-7-15-13(16)11-6-8-17-9-11/h1-4,11H,5-9H2,(H,15,16). The minimum Gasteiger partial charge on any atom is -0.356 e. The van der Waals surface area contributed by atoms with Crippen molar-refractivity contribution in [1.82, 2.24) is 5.32 Å². The summed E-state index contributed by atoms with van der Waals surface area (Å²) < 4.78 is 12.7. The minimum absolute atomic E-state index is 0.164. The van der Waals surface area contributed by atoms with Gasteiger partial charge >= 0.3 is 0 Å². The van der Waals surface area contributed by atoms with Crippen molar-refractivity contribution in [1.29, 1.82) is 0 Å². The number of hydrogen-bond donors (Lipinski definition) is 1. The molecule has 17 heavy (non-hydrogen) atoms. The average Bonchev–Trinajstić information content (AvgIpc) is 2.85. The average molecular weight is 253 g/mol. The van der Waals surface area contributed by atoms with Crippen molar-refractivity contribution in [3.05, 3.63) is 35.6 Å². The lowest BCUT2D eigenvalue weighted by Crippen LogP contribution is -2.32. The fourth-order valence-electron chi connectivity index (χ4n) is 1.87. The van der Waals surface area contributed by atoms with Crippen molar-refractivity contribution < 1.29 is 9.18 Å². The van der Waals surface area contributed by atoms with E-state index in [1.165, 1.54) is 12.1 Å². The molecule has 0 spiro atoms. The van der Waals surface area contributed by atoms with Crippen LogP contribution in [0, 0.1) is 11.7 Å². The predicted molar refractivity (Wildman–Crippen MR) is 68.5 cm³/mol. The summed E-state index contributed by atoms with van der Waals surface area (Å²) in [5.74, 6) is 2.17. The summed E-state index contributed by atoms with van der Waals surface area (Å²) in [6.45, 7) is 0.631. The van der Waals surface area contributed by atoms with E-state index in [1.807, 2.05) is 11.8 Å². The molecule has 0 radical (unpaired) electrons. The van der Waals surface area contributed by atoms with Crippen molar-refractivity contribution in [2.45, 2.75) is 12.8 Å². The van der Waals surface area contributed by atoms with Gasteiger partial charge in [0, 0.05) is 18.2 Å². The summed E-state index contributed by atoms with van der Waals surface area (Å²) in [5, 5.41) is 2.94. The summed E-state index contributed by atoms with van der Waals surface area (Å²) in [7, 11) is 0. The Labute approximate surface area is 105 Å². The molecule has 0 bridgehead atoms. The zero-order valence-corrected chi connectivity index (χ0v) is 10.4. The molecule has 1 unspecified atom stereocenters. The topological polar surface area (TPSA) is 29.1 Å². The fourth-order valence-corrected chi connectivity index (χ4v) is 3.09. The summed E-state index contributed by atoms with van der Waals surface area (Å²) in [4.78, 5) is 11.7. The van der Waals surface area contributed by atoms with Gasteiger partial charge in [0.1, 0.15) is 5.82 Å². The maximum absolute atomic E-state index is 12.7. The zero-order chi connectivity index (χ0) is 12.1. The molecule has 0 saturated carbocycles. The van der Waals surface area contributed by atoms with Gasteiger partial charge in [-0.1, -0.05) is 12.1 Å². The fraction of sp³-hybridized carbons (Fsp3) is 0.462. The van der Waals surface area contributed by atoms with Crippen molar-refractivity contribution in [2.24, 2.45) is 5.92 Å². The normalized spacial score (nSPS) is 19.2. The molecule has 1 fully saturated rings. The van der Waals surface area contributed by atoms with Gasteiger partial charge in [-0.3, -0.25) is 4.79 Å². The molecule has 1 aliphatic rings. The SMILES string of the molecule is O=C(NCCc1ccc(F)cc1)C1CCSC1. The Morgan fingerprint density at radius 3 is 2.82 bits per heavy atom. The van der Waals surface area contributed by atoms with E-state index in [9.17, 15) is 9.18 Å². The van der Waals surface area contributed by atoms with Gasteiger partial charge in [-0.05, 0) is 36.3 Å².